The van der Waals surface area contributed by atoms with E-state index in [9.17, 15) is 34.3 Å². The standard InChI is InChI=1S/C30H26BNO7/c1-14-10-16(6-9-23(14)33)25-19-7-8-20-26(21(19)13-22-27(25)24(34)11-15(2)28(22)35)30(37)32(29(20)36)18-5-3-4-17(12-18)31(38)39/h3-7,9-12,20-21,25-26,33,38-39H,8,13H2,1-2H3/t20-,21+,25-,26-/m0/s1. The number of carbonyl (C=O) groups excluding carboxylic acids is 4. The summed E-state index contributed by atoms with van der Waals surface area (Å²) in [6.07, 6.45) is 3.78. The third kappa shape index (κ3) is 3.76. The molecule has 3 aliphatic carbocycles. The molecule has 4 atom stereocenters. The van der Waals surface area contributed by atoms with E-state index in [0.29, 0.717) is 28.7 Å². The number of fused-ring (bicyclic) bond motifs is 3. The second-order valence-electron chi connectivity index (χ2n) is 10.8. The fraction of sp³-hybridized carbons (Fsp3) is 0.267. The Labute approximate surface area is 225 Å². The lowest BCUT2D eigenvalue weighted by molar-refractivity contribution is -0.123. The first-order valence-corrected chi connectivity index (χ1v) is 12.9. The second kappa shape index (κ2) is 9.00. The van der Waals surface area contributed by atoms with Crippen molar-refractivity contribution in [3.63, 3.8) is 0 Å². The van der Waals surface area contributed by atoms with Crippen molar-refractivity contribution in [1.82, 2.24) is 0 Å². The number of benzene rings is 2. The number of hydrogen-bond acceptors (Lipinski definition) is 7. The lowest BCUT2D eigenvalue weighted by Gasteiger charge is -2.42. The molecule has 6 rings (SSSR count). The number of aryl methyl sites for hydroxylation is 1. The minimum Gasteiger partial charge on any atom is -0.508 e. The SMILES string of the molecule is CC1=CC(=O)C2=C(C[C@@H]3C(=CC[C@@H]4C(=O)N(c5cccc(B(O)O)c5)C(=O)[C@@H]43)[C@@H]2c2ccc(O)c(C)c2)C1=O. The molecule has 2 aromatic carbocycles. The highest BCUT2D eigenvalue weighted by atomic mass is 16.4. The predicted octanol–water partition coefficient (Wildman–Crippen LogP) is 2.01. The fourth-order valence-corrected chi connectivity index (χ4v) is 6.70. The molecule has 2 aromatic rings. The summed E-state index contributed by atoms with van der Waals surface area (Å²) in [6.45, 7) is 3.36. The van der Waals surface area contributed by atoms with E-state index in [0.717, 1.165) is 16.0 Å². The Morgan fingerprint density at radius 1 is 0.949 bits per heavy atom. The molecule has 0 spiro atoms. The van der Waals surface area contributed by atoms with Gasteiger partial charge in [-0.1, -0.05) is 35.9 Å². The normalized spacial score (nSPS) is 26.2. The summed E-state index contributed by atoms with van der Waals surface area (Å²) in [5, 5.41) is 29.4. The van der Waals surface area contributed by atoms with Gasteiger partial charge in [-0.3, -0.25) is 24.1 Å². The number of Topliss-reactive ketones (excluding diaryl/α,β-unsaturated/α-hetero) is 1. The molecule has 3 N–H and O–H groups in total. The van der Waals surface area contributed by atoms with Crippen molar-refractivity contribution < 1.29 is 34.3 Å². The van der Waals surface area contributed by atoms with Gasteiger partial charge in [0.2, 0.25) is 11.8 Å². The predicted molar refractivity (Wildman–Crippen MR) is 143 cm³/mol. The lowest BCUT2D eigenvalue weighted by atomic mass is 9.59. The molecule has 0 unspecified atom stereocenters. The summed E-state index contributed by atoms with van der Waals surface area (Å²) < 4.78 is 0. The van der Waals surface area contributed by atoms with E-state index < -0.39 is 36.7 Å². The summed E-state index contributed by atoms with van der Waals surface area (Å²) in [5.41, 5.74) is 3.72. The van der Waals surface area contributed by atoms with Gasteiger partial charge in [-0.25, -0.2) is 0 Å². The van der Waals surface area contributed by atoms with Crippen LogP contribution in [0.25, 0.3) is 0 Å². The fourth-order valence-electron chi connectivity index (χ4n) is 6.70. The Balaban J connectivity index is 1.47. The molecule has 0 radical (unpaired) electrons. The molecular formula is C30H26BNO7. The van der Waals surface area contributed by atoms with Crippen LogP contribution in [0.4, 0.5) is 5.69 Å². The van der Waals surface area contributed by atoms with E-state index >= 15 is 0 Å². The molecule has 0 saturated carbocycles. The second-order valence-corrected chi connectivity index (χ2v) is 10.8. The molecule has 39 heavy (non-hydrogen) atoms. The molecule has 1 fully saturated rings. The number of hydrogen-bond donors (Lipinski definition) is 3. The van der Waals surface area contributed by atoms with Crippen molar-refractivity contribution in [3.05, 3.63) is 88.0 Å². The van der Waals surface area contributed by atoms with Crippen LogP contribution in [0.3, 0.4) is 0 Å². The molecule has 2 amide bonds. The first-order chi connectivity index (χ1) is 18.6. The van der Waals surface area contributed by atoms with Crippen molar-refractivity contribution in [2.45, 2.75) is 32.6 Å². The number of phenolic OH excluding ortho intramolecular Hbond substituents is 1. The first-order valence-electron chi connectivity index (χ1n) is 12.9. The van der Waals surface area contributed by atoms with Gasteiger partial charge in [-0.15, -0.1) is 0 Å². The average Bonchev–Trinajstić information content (AvgIpc) is 3.17. The maximum absolute atomic E-state index is 13.9. The summed E-state index contributed by atoms with van der Waals surface area (Å²) in [6, 6.07) is 11.1. The van der Waals surface area contributed by atoms with Gasteiger partial charge >= 0.3 is 7.12 Å². The molecule has 4 aliphatic rings. The van der Waals surface area contributed by atoms with E-state index in [1.807, 2.05) is 6.08 Å². The van der Waals surface area contributed by atoms with Crippen molar-refractivity contribution in [3.8, 4) is 5.75 Å². The van der Waals surface area contributed by atoms with Crippen LogP contribution < -0.4 is 10.4 Å². The van der Waals surface area contributed by atoms with Crippen LogP contribution >= 0.6 is 0 Å². The lowest BCUT2D eigenvalue weighted by Crippen LogP contribution is -2.40. The molecular weight excluding hydrogens is 497 g/mol. The zero-order valence-corrected chi connectivity index (χ0v) is 21.4. The van der Waals surface area contributed by atoms with E-state index in [1.54, 1.807) is 44.2 Å². The quantitative estimate of drug-likeness (QED) is 0.243. The highest BCUT2D eigenvalue weighted by Gasteiger charge is 2.56. The number of nitrogens with zero attached hydrogens (tertiary/aromatic N) is 1. The molecule has 1 saturated heterocycles. The van der Waals surface area contributed by atoms with E-state index in [4.69, 9.17) is 0 Å². The largest absolute Gasteiger partial charge is 0.508 e. The van der Waals surface area contributed by atoms with Crippen molar-refractivity contribution in [2.24, 2.45) is 17.8 Å². The number of ketones is 2. The summed E-state index contributed by atoms with van der Waals surface area (Å²) >= 11 is 0. The molecule has 0 aromatic heterocycles. The molecule has 1 heterocycles. The van der Waals surface area contributed by atoms with Crippen molar-refractivity contribution >= 4 is 41.6 Å². The van der Waals surface area contributed by atoms with E-state index in [-0.39, 0.29) is 40.8 Å². The van der Waals surface area contributed by atoms with Crippen LogP contribution in [0.1, 0.15) is 36.8 Å². The highest BCUT2D eigenvalue weighted by Crippen LogP contribution is 2.55. The van der Waals surface area contributed by atoms with Crippen molar-refractivity contribution in [1.29, 1.82) is 0 Å². The number of anilines is 1. The zero-order chi connectivity index (χ0) is 27.7. The Hall–Kier alpha value is -4.08. The van der Waals surface area contributed by atoms with Crippen LogP contribution in [-0.2, 0) is 19.2 Å². The molecule has 196 valence electrons. The molecule has 0 bridgehead atoms. The monoisotopic (exact) mass is 523 g/mol. The van der Waals surface area contributed by atoms with Crippen molar-refractivity contribution in [2.75, 3.05) is 4.90 Å². The van der Waals surface area contributed by atoms with Crippen LogP contribution in [-0.4, -0.2) is 45.7 Å². The van der Waals surface area contributed by atoms with E-state index in [2.05, 4.69) is 0 Å². The molecule has 8 nitrogen and oxygen atoms in total. The van der Waals surface area contributed by atoms with Gasteiger partial charge in [-0.05, 0) is 73.5 Å². The number of allylic oxidation sites excluding steroid dienone is 6. The average molecular weight is 523 g/mol. The number of rotatable bonds is 3. The topological polar surface area (TPSA) is 132 Å². The Morgan fingerprint density at radius 3 is 2.44 bits per heavy atom. The molecule has 9 heteroatoms. The smallest absolute Gasteiger partial charge is 0.488 e. The van der Waals surface area contributed by atoms with Crippen LogP contribution in [0.15, 0.2) is 76.9 Å². The van der Waals surface area contributed by atoms with Gasteiger partial charge in [0.15, 0.2) is 11.6 Å². The van der Waals surface area contributed by atoms with Crippen LogP contribution in [0.5, 0.6) is 5.75 Å². The summed E-state index contributed by atoms with van der Waals surface area (Å²) in [7, 11) is -1.75. The maximum atomic E-state index is 13.9. The third-order valence-corrected chi connectivity index (χ3v) is 8.54. The number of amides is 2. The third-order valence-electron chi connectivity index (χ3n) is 8.54. The number of phenols is 1. The first kappa shape index (κ1) is 25.2. The zero-order valence-electron chi connectivity index (χ0n) is 21.4. The van der Waals surface area contributed by atoms with E-state index in [1.165, 1.54) is 18.2 Å². The molecule has 1 aliphatic heterocycles. The Bertz CT molecular complexity index is 1580. The van der Waals surface area contributed by atoms with Crippen LogP contribution in [0, 0.1) is 24.7 Å². The van der Waals surface area contributed by atoms with Gasteiger partial charge in [0.05, 0.1) is 17.5 Å². The Morgan fingerprint density at radius 2 is 1.72 bits per heavy atom. The number of carbonyl (C=O) groups is 4. The summed E-state index contributed by atoms with van der Waals surface area (Å²) in [4.78, 5) is 55.3. The number of imide groups is 1. The van der Waals surface area contributed by atoms with Crippen LogP contribution in [0.2, 0.25) is 0 Å². The van der Waals surface area contributed by atoms with Gasteiger partial charge in [0.25, 0.3) is 0 Å². The summed E-state index contributed by atoms with van der Waals surface area (Å²) in [5.74, 6) is -3.56. The van der Waals surface area contributed by atoms with Gasteiger partial charge < -0.3 is 15.2 Å². The van der Waals surface area contributed by atoms with Gasteiger partial charge in [0.1, 0.15) is 5.75 Å². The van der Waals surface area contributed by atoms with Gasteiger partial charge in [0, 0.05) is 22.6 Å². The Kier molecular flexibility index (Phi) is 5.82. The highest BCUT2D eigenvalue weighted by molar-refractivity contribution is 6.58. The minimum absolute atomic E-state index is 0.113. The minimum atomic E-state index is -1.75. The van der Waals surface area contributed by atoms with Gasteiger partial charge in [-0.2, -0.15) is 0 Å². The number of aromatic hydroxyl groups is 1. The maximum Gasteiger partial charge on any atom is 0.488 e.